The van der Waals surface area contributed by atoms with E-state index in [4.69, 9.17) is 21.4 Å². The maximum absolute atomic E-state index is 9.12. The molecule has 0 amide bonds. The van der Waals surface area contributed by atoms with E-state index in [1.54, 1.807) is 19.3 Å². The number of pyridine rings is 1. The van der Waals surface area contributed by atoms with Crippen LogP contribution >= 0.6 is 11.6 Å². The lowest BCUT2D eigenvalue weighted by Gasteiger charge is -2.22. The maximum atomic E-state index is 9.12. The van der Waals surface area contributed by atoms with Crippen molar-refractivity contribution in [2.24, 2.45) is 0 Å². The van der Waals surface area contributed by atoms with Crippen LogP contribution < -0.4 is 4.90 Å². The Bertz CT molecular complexity index is 372. The summed E-state index contributed by atoms with van der Waals surface area (Å²) in [5.41, 5.74) is 0.482. The first-order chi connectivity index (χ1) is 8.22. The van der Waals surface area contributed by atoms with Crippen molar-refractivity contribution in [1.29, 1.82) is 0 Å². The SMILES string of the molecule is C=CCN(CCOC)c1ccc(Cl)c(CO)n1. The fraction of sp³-hybridized carbons (Fsp3) is 0.417. The molecule has 0 spiro atoms. The monoisotopic (exact) mass is 256 g/mol. The summed E-state index contributed by atoms with van der Waals surface area (Å²) in [6, 6.07) is 3.55. The van der Waals surface area contributed by atoms with E-state index in [2.05, 4.69) is 11.6 Å². The third-order valence-electron chi connectivity index (χ3n) is 2.29. The Morgan fingerprint density at radius 3 is 2.94 bits per heavy atom. The van der Waals surface area contributed by atoms with Crippen LogP contribution in [-0.4, -0.2) is 36.9 Å². The highest BCUT2D eigenvalue weighted by Gasteiger charge is 2.09. The van der Waals surface area contributed by atoms with Crippen LogP contribution in [0.3, 0.4) is 0 Å². The van der Waals surface area contributed by atoms with Crippen molar-refractivity contribution in [1.82, 2.24) is 4.98 Å². The van der Waals surface area contributed by atoms with E-state index in [1.807, 2.05) is 11.0 Å². The van der Waals surface area contributed by atoms with E-state index in [0.717, 1.165) is 5.82 Å². The third kappa shape index (κ3) is 4.00. The highest BCUT2D eigenvalue weighted by Crippen LogP contribution is 2.19. The van der Waals surface area contributed by atoms with Gasteiger partial charge in [0.05, 0.1) is 23.9 Å². The average Bonchev–Trinajstić information content (AvgIpc) is 2.35. The number of aliphatic hydroxyl groups is 1. The number of aliphatic hydroxyl groups excluding tert-OH is 1. The first-order valence-electron chi connectivity index (χ1n) is 5.34. The van der Waals surface area contributed by atoms with Crippen LogP contribution in [0.5, 0.6) is 0 Å². The number of nitrogens with zero attached hydrogens (tertiary/aromatic N) is 2. The third-order valence-corrected chi connectivity index (χ3v) is 2.64. The van der Waals surface area contributed by atoms with Gasteiger partial charge in [0.15, 0.2) is 0 Å². The van der Waals surface area contributed by atoms with E-state index in [-0.39, 0.29) is 6.61 Å². The smallest absolute Gasteiger partial charge is 0.129 e. The minimum Gasteiger partial charge on any atom is -0.390 e. The predicted molar refractivity (Wildman–Crippen MR) is 69.5 cm³/mol. The fourth-order valence-corrected chi connectivity index (χ4v) is 1.58. The molecular weight excluding hydrogens is 240 g/mol. The summed E-state index contributed by atoms with van der Waals surface area (Å²) in [4.78, 5) is 6.31. The average molecular weight is 257 g/mol. The molecule has 0 aliphatic rings. The van der Waals surface area contributed by atoms with Crippen LogP contribution in [0.25, 0.3) is 0 Å². The van der Waals surface area contributed by atoms with Gasteiger partial charge >= 0.3 is 0 Å². The Labute approximate surface area is 106 Å². The van der Waals surface area contributed by atoms with Gasteiger partial charge in [-0.1, -0.05) is 17.7 Å². The molecule has 1 N–H and O–H groups in total. The van der Waals surface area contributed by atoms with E-state index >= 15 is 0 Å². The summed E-state index contributed by atoms with van der Waals surface area (Å²) < 4.78 is 5.04. The molecule has 0 aromatic carbocycles. The summed E-state index contributed by atoms with van der Waals surface area (Å²) in [5.74, 6) is 0.760. The van der Waals surface area contributed by atoms with Gasteiger partial charge in [-0.05, 0) is 12.1 Å². The van der Waals surface area contributed by atoms with Gasteiger partial charge in [-0.2, -0.15) is 0 Å². The van der Waals surface area contributed by atoms with Crippen LogP contribution in [0.1, 0.15) is 5.69 Å². The molecule has 0 aliphatic heterocycles. The Morgan fingerprint density at radius 1 is 1.59 bits per heavy atom. The van der Waals surface area contributed by atoms with Crippen molar-refractivity contribution in [3.8, 4) is 0 Å². The Morgan fingerprint density at radius 2 is 2.35 bits per heavy atom. The van der Waals surface area contributed by atoms with Crippen molar-refractivity contribution in [2.45, 2.75) is 6.61 Å². The summed E-state index contributed by atoms with van der Waals surface area (Å²) in [6.45, 7) is 5.52. The molecule has 1 rings (SSSR count). The van der Waals surface area contributed by atoms with Crippen LogP contribution in [0.15, 0.2) is 24.8 Å². The molecule has 0 unspecified atom stereocenters. The lowest BCUT2D eigenvalue weighted by molar-refractivity contribution is 0.205. The number of anilines is 1. The van der Waals surface area contributed by atoms with Gasteiger partial charge in [-0.3, -0.25) is 0 Å². The molecule has 5 heteroatoms. The van der Waals surface area contributed by atoms with Gasteiger partial charge in [0.1, 0.15) is 5.82 Å². The molecule has 0 atom stereocenters. The minimum atomic E-state index is -0.168. The van der Waals surface area contributed by atoms with E-state index in [9.17, 15) is 0 Å². The molecule has 0 bridgehead atoms. The molecule has 0 fully saturated rings. The van der Waals surface area contributed by atoms with Crippen molar-refractivity contribution in [2.75, 3.05) is 31.7 Å². The summed E-state index contributed by atoms with van der Waals surface area (Å²) in [5, 5.41) is 9.59. The summed E-state index contributed by atoms with van der Waals surface area (Å²) >= 11 is 5.90. The van der Waals surface area contributed by atoms with Crippen LogP contribution in [0, 0.1) is 0 Å². The normalized spacial score (nSPS) is 10.3. The van der Waals surface area contributed by atoms with Crippen LogP contribution in [0.4, 0.5) is 5.82 Å². The highest BCUT2D eigenvalue weighted by atomic mass is 35.5. The second kappa shape index (κ2) is 7.27. The first kappa shape index (κ1) is 14.0. The first-order valence-corrected chi connectivity index (χ1v) is 5.71. The Hall–Kier alpha value is -1.10. The van der Waals surface area contributed by atoms with Gasteiger partial charge < -0.3 is 14.7 Å². The summed E-state index contributed by atoms with van der Waals surface area (Å²) in [7, 11) is 1.65. The molecule has 0 radical (unpaired) electrons. The number of aromatic nitrogens is 1. The Balaban J connectivity index is 2.88. The molecule has 4 nitrogen and oxygen atoms in total. The van der Waals surface area contributed by atoms with Gasteiger partial charge in [-0.15, -0.1) is 6.58 Å². The van der Waals surface area contributed by atoms with Gasteiger partial charge in [0.25, 0.3) is 0 Å². The number of rotatable bonds is 7. The van der Waals surface area contributed by atoms with Crippen molar-refractivity contribution < 1.29 is 9.84 Å². The largest absolute Gasteiger partial charge is 0.390 e. The maximum Gasteiger partial charge on any atom is 0.129 e. The van der Waals surface area contributed by atoms with Gasteiger partial charge in [0.2, 0.25) is 0 Å². The van der Waals surface area contributed by atoms with Crippen LogP contribution in [-0.2, 0) is 11.3 Å². The molecule has 1 aromatic rings. The fourth-order valence-electron chi connectivity index (χ4n) is 1.42. The van der Waals surface area contributed by atoms with Crippen molar-refractivity contribution in [3.05, 3.63) is 35.5 Å². The number of halogens is 1. The number of hydrogen-bond acceptors (Lipinski definition) is 4. The molecule has 1 heterocycles. The number of methoxy groups -OCH3 is 1. The second-order valence-corrected chi connectivity index (χ2v) is 3.89. The number of ether oxygens (including phenoxy) is 1. The molecule has 17 heavy (non-hydrogen) atoms. The molecule has 0 saturated heterocycles. The zero-order valence-corrected chi connectivity index (χ0v) is 10.7. The lowest BCUT2D eigenvalue weighted by atomic mass is 10.3. The standard InChI is InChI=1S/C12H17ClN2O2/c1-3-6-15(7-8-17-2)12-5-4-10(13)11(9-16)14-12/h3-5,16H,1,6-9H2,2H3. The van der Waals surface area contributed by atoms with Crippen molar-refractivity contribution in [3.63, 3.8) is 0 Å². The lowest BCUT2D eigenvalue weighted by Crippen LogP contribution is -2.28. The summed E-state index contributed by atoms with van der Waals surface area (Å²) in [6.07, 6.45) is 1.80. The molecule has 94 valence electrons. The Kier molecular flexibility index (Phi) is 5.97. The predicted octanol–water partition coefficient (Wildman–Crippen LogP) is 1.87. The van der Waals surface area contributed by atoms with Gasteiger partial charge in [0, 0.05) is 20.2 Å². The van der Waals surface area contributed by atoms with E-state index < -0.39 is 0 Å². The zero-order valence-electron chi connectivity index (χ0n) is 9.90. The van der Waals surface area contributed by atoms with E-state index in [1.165, 1.54) is 0 Å². The molecule has 0 aliphatic carbocycles. The molecular formula is C12H17ClN2O2. The molecule has 1 aromatic heterocycles. The highest BCUT2D eigenvalue weighted by molar-refractivity contribution is 6.31. The van der Waals surface area contributed by atoms with Gasteiger partial charge in [-0.25, -0.2) is 4.98 Å². The van der Waals surface area contributed by atoms with Crippen molar-refractivity contribution >= 4 is 17.4 Å². The number of hydrogen-bond donors (Lipinski definition) is 1. The molecule has 0 saturated carbocycles. The topological polar surface area (TPSA) is 45.6 Å². The van der Waals surface area contributed by atoms with Crippen LogP contribution in [0.2, 0.25) is 5.02 Å². The van der Waals surface area contributed by atoms with E-state index in [0.29, 0.717) is 30.4 Å². The second-order valence-electron chi connectivity index (χ2n) is 3.48. The zero-order chi connectivity index (χ0) is 12.7. The minimum absolute atomic E-state index is 0.168. The quantitative estimate of drug-likeness (QED) is 0.757.